The highest BCUT2D eigenvalue weighted by atomic mass is 32.2. The Hall–Kier alpha value is -1.74. The van der Waals surface area contributed by atoms with Crippen LogP contribution >= 0.6 is 0 Å². The molecule has 2 saturated heterocycles. The fourth-order valence-electron chi connectivity index (χ4n) is 3.81. The first kappa shape index (κ1) is 14.8. The van der Waals surface area contributed by atoms with Crippen molar-refractivity contribution >= 4 is 21.4 Å². The van der Waals surface area contributed by atoms with Crippen molar-refractivity contribution < 1.29 is 13.2 Å². The van der Waals surface area contributed by atoms with E-state index in [0.717, 1.165) is 11.5 Å². The van der Waals surface area contributed by atoms with Crippen molar-refractivity contribution in [2.24, 2.45) is 5.92 Å². The minimum Gasteiger partial charge on any atom is -0.384 e. The van der Waals surface area contributed by atoms with E-state index in [1.807, 2.05) is 17.9 Å². The molecule has 8 nitrogen and oxygen atoms in total. The van der Waals surface area contributed by atoms with Crippen LogP contribution in [-0.2, 0) is 14.6 Å². The van der Waals surface area contributed by atoms with Crippen LogP contribution in [0.2, 0.25) is 0 Å². The Kier molecular flexibility index (Phi) is 3.14. The van der Waals surface area contributed by atoms with Crippen molar-refractivity contribution in [2.45, 2.75) is 18.1 Å². The molecule has 2 aliphatic rings. The monoisotopic (exact) mass is 337 g/mol. The first-order valence-corrected chi connectivity index (χ1v) is 9.26. The van der Waals surface area contributed by atoms with E-state index in [4.69, 9.17) is 4.74 Å². The third-order valence-electron chi connectivity index (χ3n) is 5.07. The van der Waals surface area contributed by atoms with Gasteiger partial charge in [0.05, 0.1) is 12.4 Å². The van der Waals surface area contributed by atoms with E-state index in [2.05, 4.69) is 15.1 Å². The predicted octanol–water partition coefficient (Wildman–Crippen LogP) is 0.0726. The lowest BCUT2D eigenvalue weighted by Gasteiger charge is -2.50. The van der Waals surface area contributed by atoms with Crippen molar-refractivity contribution in [1.29, 1.82) is 0 Å². The van der Waals surface area contributed by atoms with Gasteiger partial charge in [-0.25, -0.2) is 13.4 Å². The van der Waals surface area contributed by atoms with Gasteiger partial charge in [-0.3, -0.25) is 0 Å². The Labute approximate surface area is 134 Å². The van der Waals surface area contributed by atoms with Gasteiger partial charge in [0.25, 0.3) is 5.78 Å². The maximum atomic E-state index is 12.6. The molecule has 2 fully saturated rings. The molecule has 0 amide bonds. The molecule has 2 aromatic heterocycles. The third kappa shape index (κ3) is 1.99. The largest absolute Gasteiger partial charge is 0.384 e. The number of nitrogens with zero attached hydrogens (tertiary/aromatic N) is 5. The number of methoxy groups -OCH3 is 1. The molecular weight excluding hydrogens is 318 g/mol. The fraction of sp³-hybridized carbons (Fsp3) is 0.643. The molecule has 0 aromatic carbocycles. The minimum atomic E-state index is -3.09. The van der Waals surface area contributed by atoms with E-state index in [0.29, 0.717) is 31.9 Å². The maximum absolute atomic E-state index is 12.6. The number of sulfone groups is 1. The summed E-state index contributed by atoms with van der Waals surface area (Å²) in [4.78, 5) is 10.5. The zero-order valence-corrected chi connectivity index (χ0v) is 14.0. The van der Waals surface area contributed by atoms with Crippen molar-refractivity contribution in [3.05, 3.63) is 18.1 Å². The zero-order chi connectivity index (χ0) is 16.2. The molecular formula is C14H19N5O3S. The highest BCUT2D eigenvalue weighted by molar-refractivity contribution is 7.93. The second kappa shape index (κ2) is 4.88. The topological polar surface area (TPSA) is 89.7 Å². The molecule has 1 spiro atoms. The molecule has 0 N–H and O–H groups in total. The summed E-state index contributed by atoms with van der Waals surface area (Å²) in [5.41, 5.74) is 0.837. The Morgan fingerprint density at radius 1 is 1.43 bits per heavy atom. The normalized spacial score (nSPS) is 25.1. The molecule has 23 heavy (non-hydrogen) atoms. The molecule has 1 atom stereocenters. The highest BCUT2D eigenvalue weighted by Gasteiger charge is 2.61. The lowest BCUT2D eigenvalue weighted by Crippen LogP contribution is -2.68. The van der Waals surface area contributed by atoms with E-state index in [1.54, 1.807) is 11.6 Å². The van der Waals surface area contributed by atoms with Crippen LogP contribution < -0.4 is 4.90 Å². The number of ether oxygens (including phenoxy) is 1. The lowest BCUT2D eigenvalue weighted by atomic mass is 9.83. The van der Waals surface area contributed by atoms with Crippen molar-refractivity contribution in [1.82, 2.24) is 19.6 Å². The van der Waals surface area contributed by atoms with Crippen LogP contribution in [0, 0.1) is 12.8 Å². The Bertz CT molecular complexity index is 856. The maximum Gasteiger partial charge on any atom is 0.254 e. The molecule has 4 rings (SSSR count). The Morgan fingerprint density at radius 3 is 2.96 bits per heavy atom. The first-order chi connectivity index (χ1) is 11.0. The molecule has 9 heteroatoms. The Morgan fingerprint density at radius 2 is 2.22 bits per heavy atom. The van der Waals surface area contributed by atoms with Crippen LogP contribution in [0.4, 0.5) is 5.82 Å². The highest BCUT2D eigenvalue weighted by Crippen LogP contribution is 2.46. The number of rotatable bonds is 3. The molecule has 2 aliphatic heterocycles. The SMILES string of the molecule is COCC1CCS(=O)(=O)C12CN(c1cc(C)nc3ncnn13)C2. The molecule has 0 aliphatic carbocycles. The first-order valence-electron chi connectivity index (χ1n) is 7.60. The van der Waals surface area contributed by atoms with Gasteiger partial charge >= 0.3 is 0 Å². The molecule has 0 saturated carbocycles. The van der Waals surface area contributed by atoms with Crippen LogP contribution in [0.3, 0.4) is 0 Å². The second-order valence-corrected chi connectivity index (χ2v) is 8.86. The summed E-state index contributed by atoms with van der Waals surface area (Å²) in [5.74, 6) is 1.68. The summed E-state index contributed by atoms with van der Waals surface area (Å²) in [6, 6.07) is 1.92. The summed E-state index contributed by atoms with van der Waals surface area (Å²) in [6.07, 6.45) is 2.14. The molecule has 0 radical (unpaired) electrons. The number of aryl methyl sites for hydroxylation is 1. The molecule has 4 heterocycles. The summed E-state index contributed by atoms with van der Waals surface area (Å²) >= 11 is 0. The van der Waals surface area contributed by atoms with Gasteiger partial charge in [0, 0.05) is 37.9 Å². The fourth-order valence-corrected chi connectivity index (χ4v) is 6.21. The standard InChI is InChI=1S/C14H19N5O3S/c1-10-5-12(19-13(17-10)15-9-16-19)18-7-14(8-18)11(6-22-2)3-4-23(14,20)21/h5,9,11H,3-4,6-8H2,1-2H3. The van der Waals surface area contributed by atoms with Crippen molar-refractivity contribution in [3.8, 4) is 0 Å². The van der Waals surface area contributed by atoms with E-state index in [9.17, 15) is 8.42 Å². The van der Waals surface area contributed by atoms with Gasteiger partial charge in [0.2, 0.25) is 0 Å². The van der Waals surface area contributed by atoms with Crippen LogP contribution in [0.15, 0.2) is 12.4 Å². The van der Waals surface area contributed by atoms with E-state index in [-0.39, 0.29) is 11.7 Å². The van der Waals surface area contributed by atoms with Crippen molar-refractivity contribution in [3.63, 3.8) is 0 Å². The smallest absolute Gasteiger partial charge is 0.254 e. The number of hydrogen-bond donors (Lipinski definition) is 0. The molecule has 124 valence electrons. The second-order valence-electron chi connectivity index (χ2n) is 6.41. The quantitative estimate of drug-likeness (QED) is 0.783. The average molecular weight is 337 g/mol. The molecule has 0 bridgehead atoms. The number of fused-ring (bicyclic) bond motifs is 1. The van der Waals surface area contributed by atoms with E-state index >= 15 is 0 Å². The van der Waals surface area contributed by atoms with Gasteiger partial charge in [-0.15, -0.1) is 0 Å². The van der Waals surface area contributed by atoms with Gasteiger partial charge < -0.3 is 9.64 Å². The van der Waals surface area contributed by atoms with E-state index < -0.39 is 14.6 Å². The number of anilines is 1. The predicted molar refractivity (Wildman–Crippen MR) is 84.2 cm³/mol. The lowest BCUT2D eigenvalue weighted by molar-refractivity contribution is 0.123. The summed E-state index contributed by atoms with van der Waals surface area (Å²) in [5, 5.41) is 4.20. The van der Waals surface area contributed by atoms with E-state index in [1.165, 1.54) is 6.33 Å². The van der Waals surface area contributed by atoms with Gasteiger partial charge in [-0.05, 0) is 13.3 Å². The molecule has 2 aromatic rings. The average Bonchev–Trinajstić information content (AvgIpc) is 2.99. The van der Waals surface area contributed by atoms with Gasteiger partial charge in [-0.1, -0.05) is 0 Å². The summed E-state index contributed by atoms with van der Waals surface area (Å²) < 4.78 is 31.4. The number of hydrogen-bond acceptors (Lipinski definition) is 7. The zero-order valence-electron chi connectivity index (χ0n) is 13.1. The van der Waals surface area contributed by atoms with Gasteiger partial charge in [0.1, 0.15) is 16.9 Å². The van der Waals surface area contributed by atoms with Crippen LogP contribution in [0.1, 0.15) is 12.1 Å². The van der Waals surface area contributed by atoms with Crippen LogP contribution in [0.5, 0.6) is 0 Å². The van der Waals surface area contributed by atoms with Crippen molar-refractivity contribution in [2.75, 3.05) is 37.5 Å². The van der Waals surface area contributed by atoms with Crippen LogP contribution in [-0.4, -0.2) is 65.3 Å². The minimum absolute atomic E-state index is 0.0583. The Balaban J connectivity index is 1.69. The summed E-state index contributed by atoms with van der Waals surface area (Å²) in [6.45, 7) is 3.33. The number of aromatic nitrogens is 4. The molecule has 1 unspecified atom stereocenters. The van der Waals surface area contributed by atoms with Crippen LogP contribution in [0.25, 0.3) is 5.78 Å². The van der Waals surface area contributed by atoms with Gasteiger partial charge in [-0.2, -0.15) is 14.6 Å². The third-order valence-corrected chi connectivity index (χ3v) is 7.67. The van der Waals surface area contributed by atoms with Gasteiger partial charge in [0.15, 0.2) is 9.84 Å². The summed E-state index contributed by atoms with van der Waals surface area (Å²) in [7, 11) is -1.47.